The average molecular weight is 387 g/mol. The van der Waals surface area contributed by atoms with Crippen LogP contribution in [0.3, 0.4) is 0 Å². The van der Waals surface area contributed by atoms with Crippen LogP contribution in [0.5, 0.6) is 0 Å². The van der Waals surface area contributed by atoms with Gasteiger partial charge >= 0.3 is 0 Å². The van der Waals surface area contributed by atoms with Crippen molar-refractivity contribution in [3.8, 4) is 0 Å². The molecule has 1 saturated heterocycles. The number of oxime groups is 1. The molecule has 0 N–H and O–H groups in total. The molecule has 0 unspecified atom stereocenters. The first kappa shape index (κ1) is 19.1. The van der Waals surface area contributed by atoms with Crippen molar-refractivity contribution in [2.24, 2.45) is 5.16 Å². The number of nitrogens with zero attached hydrogens (tertiary/aromatic N) is 3. The first-order valence-corrected chi connectivity index (χ1v) is 10.0. The fourth-order valence-electron chi connectivity index (χ4n) is 2.74. The molecule has 142 valence electrons. The van der Waals surface area contributed by atoms with E-state index in [0.717, 1.165) is 5.56 Å². The van der Waals surface area contributed by atoms with E-state index in [4.69, 9.17) is 4.84 Å². The van der Waals surface area contributed by atoms with Gasteiger partial charge in [-0.2, -0.15) is 4.31 Å². The maximum absolute atomic E-state index is 12.6. The van der Waals surface area contributed by atoms with Crippen molar-refractivity contribution in [2.45, 2.75) is 4.90 Å². The summed E-state index contributed by atoms with van der Waals surface area (Å²) in [4.78, 5) is 19.1. The van der Waals surface area contributed by atoms with Crippen LogP contribution in [-0.4, -0.2) is 62.5 Å². The van der Waals surface area contributed by atoms with E-state index < -0.39 is 10.0 Å². The molecule has 0 radical (unpaired) electrons. The normalized spacial score (nSPS) is 15.8. The van der Waals surface area contributed by atoms with Crippen LogP contribution >= 0.6 is 0 Å². The standard InChI is InChI=1S/C19H21N3O4S/c23-19(16-26-20-15-17-7-3-1-4-8-17)21-11-13-22(14-12-21)27(24,25)18-9-5-2-6-10-18/h1-10,15H,11-14,16H2/b20-15-. The van der Waals surface area contributed by atoms with Crippen LogP contribution in [0.15, 0.2) is 70.7 Å². The van der Waals surface area contributed by atoms with E-state index >= 15 is 0 Å². The molecule has 1 aliphatic rings. The Morgan fingerprint density at radius 3 is 2.19 bits per heavy atom. The molecule has 0 atom stereocenters. The van der Waals surface area contributed by atoms with Crippen molar-refractivity contribution in [3.63, 3.8) is 0 Å². The highest BCUT2D eigenvalue weighted by molar-refractivity contribution is 7.89. The number of sulfonamides is 1. The first-order chi connectivity index (χ1) is 13.1. The molecule has 27 heavy (non-hydrogen) atoms. The summed E-state index contributed by atoms with van der Waals surface area (Å²) in [5, 5.41) is 3.79. The van der Waals surface area contributed by atoms with Crippen LogP contribution in [-0.2, 0) is 19.7 Å². The van der Waals surface area contributed by atoms with Gasteiger partial charge in [0.1, 0.15) is 0 Å². The summed E-state index contributed by atoms with van der Waals surface area (Å²) >= 11 is 0. The SMILES string of the molecule is O=C(CO/N=C\c1ccccc1)N1CCN(S(=O)(=O)c2ccccc2)CC1. The van der Waals surface area contributed by atoms with E-state index in [1.807, 2.05) is 30.3 Å². The number of hydrogen-bond acceptors (Lipinski definition) is 5. The van der Waals surface area contributed by atoms with Crippen molar-refractivity contribution in [1.82, 2.24) is 9.21 Å². The van der Waals surface area contributed by atoms with Crippen LogP contribution in [0, 0.1) is 0 Å². The highest BCUT2D eigenvalue weighted by Gasteiger charge is 2.29. The Morgan fingerprint density at radius 1 is 0.963 bits per heavy atom. The predicted octanol–water partition coefficient (Wildman–Crippen LogP) is 1.57. The zero-order valence-corrected chi connectivity index (χ0v) is 15.6. The zero-order chi connectivity index (χ0) is 19.1. The molecule has 0 spiro atoms. The maximum Gasteiger partial charge on any atom is 0.263 e. The van der Waals surface area contributed by atoms with Crippen LogP contribution in [0.4, 0.5) is 0 Å². The predicted molar refractivity (Wildman–Crippen MR) is 102 cm³/mol. The van der Waals surface area contributed by atoms with Gasteiger partial charge < -0.3 is 9.74 Å². The summed E-state index contributed by atoms with van der Waals surface area (Å²) in [5.41, 5.74) is 0.879. The summed E-state index contributed by atoms with van der Waals surface area (Å²) in [7, 11) is -3.52. The number of piperazine rings is 1. The lowest BCUT2D eigenvalue weighted by atomic mass is 10.2. The number of rotatable bonds is 6. The Morgan fingerprint density at radius 2 is 1.56 bits per heavy atom. The number of amides is 1. The molecule has 1 heterocycles. The molecule has 1 amide bonds. The third kappa shape index (κ3) is 4.93. The summed E-state index contributed by atoms with van der Waals surface area (Å²) in [5.74, 6) is -0.211. The minimum Gasteiger partial charge on any atom is -0.386 e. The number of carbonyl (C=O) groups is 1. The summed E-state index contributed by atoms with van der Waals surface area (Å²) in [6, 6.07) is 17.7. The van der Waals surface area contributed by atoms with E-state index in [-0.39, 0.29) is 30.5 Å². The van der Waals surface area contributed by atoms with Gasteiger partial charge in [-0.3, -0.25) is 4.79 Å². The number of carbonyl (C=O) groups excluding carboxylic acids is 1. The lowest BCUT2D eigenvalue weighted by molar-refractivity contribution is -0.137. The highest BCUT2D eigenvalue weighted by Crippen LogP contribution is 2.17. The average Bonchev–Trinajstić information content (AvgIpc) is 2.72. The largest absolute Gasteiger partial charge is 0.386 e. The van der Waals surface area contributed by atoms with Gasteiger partial charge in [-0.05, 0) is 17.7 Å². The summed E-state index contributed by atoms with van der Waals surface area (Å²) < 4.78 is 26.6. The molecule has 7 nitrogen and oxygen atoms in total. The summed E-state index contributed by atoms with van der Waals surface area (Å²) in [6.45, 7) is 1.01. The Kier molecular flexibility index (Phi) is 6.20. The smallest absolute Gasteiger partial charge is 0.263 e. The molecule has 8 heteroatoms. The molecule has 0 aromatic heterocycles. The minimum absolute atomic E-state index is 0.172. The van der Waals surface area contributed by atoms with Crippen molar-refractivity contribution in [3.05, 3.63) is 66.2 Å². The third-order valence-corrected chi connectivity index (χ3v) is 6.15. The summed E-state index contributed by atoms with van der Waals surface area (Å²) in [6.07, 6.45) is 1.54. The van der Waals surface area contributed by atoms with E-state index in [9.17, 15) is 13.2 Å². The minimum atomic E-state index is -3.52. The molecule has 2 aromatic rings. The van der Waals surface area contributed by atoms with Gasteiger partial charge in [-0.15, -0.1) is 0 Å². The molecule has 1 aliphatic heterocycles. The van der Waals surface area contributed by atoms with Crippen molar-refractivity contribution in [2.75, 3.05) is 32.8 Å². The molecular formula is C19H21N3O4S. The molecule has 0 saturated carbocycles. The van der Waals surface area contributed by atoms with Crippen LogP contribution < -0.4 is 0 Å². The van der Waals surface area contributed by atoms with Gasteiger partial charge in [0.05, 0.1) is 11.1 Å². The van der Waals surface area contributed by atoms with Crippen LogP contribution in [0.2, 0.25) is 0 Å². The Balaban J connectivity index is 1.47. The van der Waals surface area contributed by atoms with Gasteiger partial charge in [0.25, 0.3) is 5.91 Å². The molecule has 2 aromatic carbocycles. The quantitative estimate of drug-likeness (QED) is 0.557. The zero-order valence-electron chi connectivity index (χ0n) is 14.8. The van der Waals surface area contributed by atoms with Crippen molar-refractivity contribution >= 4 is 22.1 Å². The second-order valence-electron chi connectivity index (χ2n) is 6.02. The number of hydrogen-bond donors (Lipinski definition) is 0. The highest BCUT2D eigenvalue weighted by atomic mass is 32.2. The van der Waals surface area contributed by atoms with E-state index in [0.29, 0.717) is 13.1 Å². The van der Waals surface area contributed by atoms with Gasteiger partial charge in [0.2, 0.25) is 10.0 Å². The fraction of sp³-hybridized carbons (Fsp3) is 0.263. The van der Waals surface area contributed by atoms with Gasteiger partial charge in [0, 0.05) is 26.2 Å². The van der Waals surface area contributed by atoms with E-state index in [1.165, 1.54) is 10.5 Å². The van der Waals surface area contributed by atoms with Gasteiger partial charge in [-0.1, -0.05) is 53.7 Å². The third-order valence-electron chi connectivity index (χ3n) is 4.24. The maximum atomic E-state index is 12.6. The lowest BCUT2D eigenvalue weighted by Gasteiger charge is -2.33. The molecule has 0 bridgehead atoms. The van der Waals surface area contributed by atoms with E-state index in [1.54, 1.807) is 35.2 Å². The topological polar surface area (TPSA) is 79.3 Å². The van der Waals surface area contributed by atoms with Crippen molar-refractivity contribution in [1.29, 1.82) is 0 Å². The second-order valence-corrected chi connectivity index (χ2v) is 7.95. The van der Waals surface area contributed by atoms with Gasteiger partial charge in [0.15, 0.2) is 6.61 Å². The molecule has 1 fully saturated rings. The van der Waals surface area contributed by atoms with Crippen molar-refractivity contribution < 1.29 is 18.0 Å². The molecular weight excluding hydrogens is 366 g/mol. The van der Waals surface area contributed by atoms with E-state index in [2.05, 4.69) is 5.16 Å². The monoisotopic (exact) mass is 387 g/mol. The first-order valence-electron chi connectivity index (χ1n) is 8.61. The second kappa shape index (κ2) is 8.79. The van der Waals surface area contributed by atoms with Crippen LogP contribution in [0.25, 0.3) is 0 Å². The number of benzene rings is 2. The Hall–Kier alpha value is -2.71. The Labute approximate surface area is 158 Å². The van der Waals surface area contributed by atoms with Crippen LogP contribution in [0.1, 0.15) is 5.56 Å². The Bertz CT molecular complexity index is 878. The molecule has 3 rings (SSSR count). The lowest BCUT2D eigenvalue weighted by Crippen LogP contribution is -2.51. The fourth-order valence-corrected chi connectivity index (χ4v) is 4.18. The molecule has 0 aliphatic carbocycles. The van der Waals surface area contributed by atoms with Gasteiger partial charge in [-0.25, -0.2) is 8.42 Å².